The summed E-state index contributed by atoms with van der Waals surface area (Å²) in [6.45, 7) is 4.61. The van der Waals surface area contributed by atoms with Crippen molar-refractivity contribution in [2.75, 3.05) is 42.3 Å². The molecule has 2 aliphatic heterocycles. The van der Waals surface area contributed by atoms with Gasteiger partial charge in [0.25, 0.3) is 5.91 Å². The molecule has 2 aromatic rings. The highest BCUT2D eigenvalue weighted by Crippen LogP contribution is 2.37. The molecule has 2 aliphatic rings. The highest BCUT2D eigenvalue weighted by atomic mass is 32.2. The second-order valence-corrected chi connectivity index (χ2v) is 8.57. The zero-order valence-corrected chi connectivity index (χ0v) is 17.5. The Hall–Kier alpha value is -2.65. The molecule has 1 amide bonds. The van der Waals surface area contributed by atoms with Crippen LogP contribution < -0.4 is 16.0 Å². The van der Waals surface area contributed by atoms with Crippen LogP contribution in [0, 0.1) is 5.82 Å². The number of nitrogens with two attached hydrogens (primary N) is 1. The van der Waals surface area contributed by atoms with Crippen LogP contribution in [0.25, 0.3) is 0 Å². The number of hydrogen-bond donors (Lipinski definition) is 2. The fourth-order valence-corrected chi connectivity index (χ4v) is 4.58. The first kappa shape index (κ1) is 20.6. The summed E-state index contributed by atoms with van der Waals surface area (Å²) in [5.74, 6) is 0.782. The lowest BCUT2D eigenvalue weighted by atomic mass is 9.89. The highest BCUT2D eigenvalue weighted by Gasteiger charge is 2.32. The highest BCUT2D eigenvalue weighted by molar-refractivity contribution is 8.13. The number of aliphatic imine (C=N–C) groups is 1. The number of pyridine rings is 1. The molecule has 1 fully saturated rings. The average Bonchev–Trinajstić information content (AvgIpc) is 2.75. The topological polar surface area (TPSA) is 92.8 Å². The Bertz CT molecular complexity index is 980. The fourth-order valence-electron chi connectivity index (χ4n) is 3.61. The molecule has 0 saturated carbocycles. The van der Waals surface area contributed by atoms with Crippen molar-refractivity contribution in [2.45, 2.75) is 18.9 Å². The number of carbonyl (C=O) groups excluding carboxylic acids is 1. The third-order valence-electron chi connectivity index (χ3n) is 5.30. The molecule has 1 aromatic heterocycles. The van der Waals surface area contributed by atoms with E-state index in [1.54, 1.807) is 18.2 Å². The van der Waals surface area contributed by atoms with E-state index in [0.717, 1.165) is 24.7 Å². The third kappa shape index (κ3) is 4.41. The summed E-state index contributed by atoms with van der Waals surface area (Å²) in [4.78, 5) is 23.8. The molecule has 1 atom stereocenters. The van der Waals surface area contributed by atoms with E-state index < -0.39 is 5.54 Å². The van der Waals surface area contributed by atoms with Gasteiger partial charge in [0.15, 0.2) is 5.17 Å². The number of anilines is 2. The molecule has 3 N–H and O–H groups in total. The van der Waals surface area contributed by atoms with E-state index in [9.17, 15) is 9.18 Å². The minimum atomic E-state index is -0.755. The predicted octanol–water partition coefficient (Wildman–Crippen LogP) is 2.98. The van der Waals surface area contributed by atoms with Crippen molar-refractivity contribution in [3.05, 3.63) is 53.5 Å². The summed E-state index contributed by atoms with van der Waals surface area (Å²) in [7, 11) is 0. The van der Waals surface area contributed by atoms with Crippen molar-refractivity contribution >= 4 is 34.3 Å². The molecule has 0 aliphatic carbocycles. The van der Waals surface area contributed by atoms with E-state index in [0.29, 0.717) is 41.7 Å². The molecule has 0 spiro atoms. The molecule has 1 aromatic carbocycles. The number of nitrogens with one attached hydrogen (secondary N) is 1. The number of ether oxygens (including phenoxy) is 1. The van der Waals surface area contributed by atoms with Crippen molar-refractivity contribution in [2.24, 2.45) is 10.7 Å². The van der Waals surface area contributed by atoms with Crippen LogP contribution in [0.4, 0.5) is 15.9 Å². The van der Waals surface area contributed by atoms with Crippen molar-refractivity contribution < 1.29 is 13.9 Å². The van der Waals surface area contributed by atoms with Gasteiger partial charge in [-0.2, -0.15) is 0 Å². The van der Waals surface area contributed by atoms with Gasteiger partial charge < -0.3 is 20.7 Å². The summed E-state index contributed by atoms with van der Waals surface area (Å²) >= 11 is 1.46. The molecule has 4 rings (SSSR count). The maximum Gasteiger partial charge on any atom is 0.274 e. The van der Waals surface area contributed by atoms with Crippen LogP contribution in [0.1, 0.15) is 29.4 Å². The summed E-state index contributed by atoms with van der Waals surface area (Å²) in [5, 5.41) is 3.27. The van der Waals surface area contributed by atoms with Gasteiger partial charge in [0.2, 0.25) is 0 Å². The number of benzene rings is 1. The van der Waals surface area contributed by atoms with E-state index in [2.05, 4.69) is 20.2 Å². The Morgan fingerprint density at radius 3 is 2.87 bits per heavy atom. The first-order valence-electron chi connectivity index (χ1n) is 9.84. The van der Waals surface area contributed by atoms with Gasteiger partial charge in [0, 0.05) is 30.1 Å². The Kier molecular flexibility index (Phi) is 5.92. The lowest BCUT2D eigenvalue weighted by molar-refractivity contribution is 0.102. The summed E-state index contributed by atoms with van der Waals surface area (Å²) < 4.78 is 20.0. The van der Waals surface area contributed by atoms with Crippen molar-refractivity contribution in [3.63, 3.8) is 0 Å². The molecule has 158 valence electrons. The normalized spacial score (nSPS) is 21.8. The van der Waals surface area contributed by atoms with E-state index >= 15 is 0 Å². The number of amidine groups is 1. The minimum Gasteiger partial charge on any atom is -0.379 e. The van der Waals surface area contributed by atoms with E-state index in [4.69, 9.17) is 10.5 Å². The molecule has 7 nitrogen and oxygen atoms in total. The van der Waals surface area contributed by atoms with Crippen LogP contribution in [0.3, 0.4) is 0 Å². The maximum absolute atomic E-state index is 14.6. The Morgan fingerprint density at radius 1 is 1.30 bits per heavy atom. The molecular weight excluding hydrogens is 405 g/mol. The summed E-state index contributed by atoms with van der Waals surface area (Å²) in [6.07, 6.45) is 0.663. The lowest BCUT2D eigenvalue weighted by Gasteiger charge is -2.30. The van der Waals surface area contributed by atoms with Gasteiger partial charge in [-0.3, -0.25) is 9.79 Å². The van der Waals surface area contributed by atoms with Gasteiger partial charge >= 0.3 is 0 Å². The van der Waals surface area contributed by atoms with Crippen LogP contribution in [0.2, 0.25) is 0 Å². The fraction of sp³-hybridized carbons (Fsp3) is 0.381. The molecule has 0 bridgehead atoms. The van der Waals surface area contributed by atoms with Gasteiger partial charge in [0.1, 0.15) is 17.3 Å². The van der Waals surface area contributed by atoms with E-state index in [-0.39, 0.29) is 11.7 Å². The molecular formula is C21H24FN5O2S. The molecule has 30 heavy (non-hydrogen) atoms. The number of amides is 1. The van der Waals surface area contributed by atoms with E-state index in [1.165, 1.54) is 23.9 Å². The van der Waals surface area contributed by atoms with Gasteiger partial charge in [-0.1, -0.05) is 17.8 Å². The predicted molar refractivity (Wildman–Crippen MR) is 118 cm³/mol. The van der Waals surface area contributed by atoms with Gasteiger partial charge in [-0.15, -0.1) is 0 Å². The Balaban J connectivity index is 1.55. The van der Waals surface area contributed by atoms with Crippen LogP contribution in [0.5, 0.6) is 0 Å². The maximum atomic E-state index is 14.6. The minimum absolute atomic E-state index is 0.299. The number of thioether (sulfide) groups is 1. The second kappa shape index (κ2) is 8.61. The smallest absolute Gasteiger partial charge is 0.274 e. The van der Waals surface area contributed by atoms with Crippen LogP contribution in [-0.4, -0.2) is 48.1 Å². The Morgan fingerprint density at radius 2 is 2.10 bits per heavy atom. The zero-order chi connectivity index (χ0) is 21.1. The zero-order valence-electron chi connectivity index (χ0n) is 16.7. The number of halogens is 1. The third-order valence-corrected chi connectivity index (χ3v) is 6.10. The largest absolute Gasteiger partial charge is 0.379 e. The second-order valence-electron chi connectivity index (χ2n) is 7.45. The molecule has 1 unspecified atom stereocenters. The monoisotopic (exact) mass is 429 g/mol. The lowest BCUT2D eigenvalue weighted by Crippen LogP contribution is -2.37. The number of aromatic nitrogens is 1. The van der Waals surface area contributed by atoms with Crippen molar-refractivity contribution in [1.29, 1.82) is 0 Å². The first-order valence-corrected chi connectivity index (χ1v) is 10.8. The number of rotatable bonds is 4. The number of morpholine rings is 1. The number of nitrogens with zero attached hydrogens (tertiary/aromatic N) is 3. The van der Waals surface area contributed by atoms with Crippen LogP contribution in [-0.2, 0) is 10.3 Å². The Labute approximate surface area is 178 Å². The van der Waals surface area contributed by atoms with Gasteiger partial charge in [0.05, 0.1) is 18.8 Å². The number of hydrogen-bond acceptors (Lipinski definition) is 7. The quantitative estimate of drug-likeness (QED) is 0.776. The molecule has 1 saturated heterocycles. The average molecular weight is 430 g/mol. The van der Waals surface area contributed by atoms with Crippen LogP contribution in [0.15, 0.2) is 41.4 Å². The van der Waals surface area contributed by atoms with Crippen LogP contribution >= 0.6 is 11.8 Å². The van der Waals surface area contributed by atoms with Crippen molar-refractivity contribution in [1.82, 2.24) is 4.98 Å². The SMILES string of the molecule is CC1(c2cc(NC(=O)c3cccc(N4CCOCC4)n3)ccc2F)CCSC(N)=N1. The van der Waals surface area contributed by atoms with Gasteiger partial charge in [-0.05, 0) is 43.7 Å². The molecule has 3 heterocycles. The van der Waals surface area contributed by atoms with Crippen molar-refractivity contribution in [3.8, 4) is 0 Å². The van der Waals surface area contributed by atoms with Gasteiger partial charge in [-0.25, -0.2) is 9.37 Å². The standard InChI is InChI=1S/C21H24FN5O2S/c1-21(7-12-30-20(23)26-21)15-13-14(5-6-16(15)22)24-19(28)17-3-2-4-18(25-17)27-8-10-29-11-9-27/h2-6,13H,7-12H2,1H3,(H2,23,26)(H,24,28). The molecule has 9 heteroatoms. The molecule has 0 radical (unpaired) electrons. The number of carbonyl (C=O) groups is 1. The summed E-state index contributed by atoms with van der Waals surface area (Å²) in [6, 6.07) is 9.86. The first-order chi connectivity index (χ1) is 14.4. The summed E-state index contributed by atoms with van der Waals surface area (Å²) in [5.41, 5.74) is 6.32. The van der Waals surface area contributed by atoms with E-state index in [1.807, 2.05) is 13.0 Å².